The Morgan fingerprint density at radius 3 is 2.13 bits per heavy atom. The number of hydrogen-bond donors (Lipinski definition) is 0. The van der Waals surface area contributed by atoms with Crippen molar-refractivity contribution < 1.29 is 31.5 Å². The zero-order chi connectivity index (χ0) is 33.9. The Labute approximate surface area is 264 Å². The number of aryl methyl sites for hydroxylation is 1. The molecule has 1 saturated heterocycles. The average molecular weight is 638 g/mol. The van der Waals surface area contributed by atoms with Gasteiger partial charge in [-0.15, -0.1) is 0 Å². The summed E-state index contributed by atoms with van der Waals surface area (Å²) in [4.78, 5) is 33.0. The van der Waals surface area contributed by atoms with E-state index >= 15 is 0 Å². The fourth-order valence-corrected chi connectivity index (χ4v) is 6.20. The number of rotatable bonds is 10. The highest BCUT2D eigenvalue weighted by molar-refractivity contribution is 5.83. The lowest BCUT2D eigenvalue weighted by Gasteiger charge is -2.46. The third-order valence-corrected chi connectivity index (χ3v) is 9.21. The van der Waals surface area contributed by atoms with Crippen LogP contribution in [0.4, 0.5) is 26.7 Å². The lowest BCUT2D eigenvalue weighted by molar-refractivity contribution is -0.145. The molecule has 2 aromatic rings. The van der Waals surface area contributed by atoms with Crippen LogP contribution in [0.2, 0.25) is 0 Å². The predicted molar refractivity (Wildman–Crippen MR) is 167 cm³/mol. The molecule has 0 aromatic heterocycles. The molecule has 0 saturated carbocycles. The first-order valence-electron chi connectivity index (χ1n) is 15.8. The molecule has 3 unspecified atom stereocenters. The van der Waals surface area contributed by atoms with E-state index in [9.17, 15) is 31.5 Å². The molecular formula is C35H48F5N3O2. The van der Waals surface area contributed by atoms with Gasteiger partial charge in [-0.3, -0.25) is 4.79 Å². The largest absolute Gasteiger partial charge is 0.416 e. The minimum absolute atomic E-state index is 0.0426. The lowest BCUT2D eigenvalue weighted by Crippen LogP contribution is -2.57. The van der Waals surface area contributed by atoms with E-state index in [1.165, 1.54) is 18.9 Å². The molecule has 250 valence electrons. The van der Waals surface area contributed by atoms with E-state index in [4.69, 9.17) is 0 Å². The summed E-state index contributed by atoms with van der Waals surface area (Å²) in [5.74, 6) is -2.98. The van der Waals surface area contributed by atoms with Crippen molar-refractivity contribution in [3.05, 3.63) is 70.3 Å². The number of carbonyl (C=O) groups excluding carboxylic acids is 2. The Morgan fingerprint density at radius 2 is 1.58 bits per heavy atom. The molecule has 10 heteroatoms. The van der Waals surface area contributed by atoms with Gasteiger partial charge in [-0.05, 0) is 73.9 Å². The summed E-state index contributed by atoms with van der Waals surface area (Å²) < 4.78 is 69.5. The van der Waals surface area contributed by atoms with Crippen molar-refractivity contribution in [2.45, 2.75) is 98.3 Å². The lowest BCUT2D eigenvalue weighted by atomic mass is 9.78. The van der Waals surface area contributed by atoms with Crippen molar-refractivity contribution in [1.82, 2.24) is 14.7 Å². The van der Waals surface area contributed by atoms with E-state index in [0.717, 1.165) is 48.9 Å². The van der Waals surface area contributed by atoms with E-state index in [1.807, 2.05) is 43.0 Å². The van der Waals surface area contributed by atoms with Crippen LogP contribution in [0.1, 0.15) is 107 Å². The smallest absolute Gasteiger partial charge is 0.338 e. The minimum Gasteiger partial charge on any atom is -0.338 e. The van der Waals surface area contributed by atoms with E-state index < -0.39 is 46.8 Å². The van der Waals surface area contributed by atoms with E-state index in [2.05, 4.69) is 20.8 Å². The van der Waals surface area contributed by atoms with Crippen LogP contribution >= 0.6 is 0 Å². The van der Waals surface area contributed by atoms with Gasteiger partial charge in [0.25, 0.3) is 5.92 Å². The van der Waals surface area contributed by atoms with Crippen molar-refractivity contribution in [3.63, 3.8) is 0 Å². The monoisotopic (exact) mass is 637 g/mol. The Hall–Kier alpha value is -3.17. The predicted octanol–water partition coefficient (Wildman–Crippen LogP) is 9.37. The molecule has 1 aliphatic rings. The molecule has 0 radical (unpaired) electrons. The molecule has 0 N–H and O–H groups in total. The summed E-state index contributed by atoms with van der Waals surface area (Å²) in [6.07, 6.45) is -1.53. The Balaban J connectivity index is 1.97. The van der Waals surface area contributed by atoms with E-state index in [0.29, 0.717) is 25.5 Å². The minimum atomic E-state index is -4.83. The van der Waals surface area contributed by atoms with Crippen molar-refractivity contribution in [3.8, 4) is 0 Å². The first-order chi connectivity index (χ1) is 20.8. The van der Waals surface area contributed by atoms with E-state index in [1.54, 1.807) is 4.90 Å². The number of carbonyl (C=O) groups is 2. The summed E-state index contributed by atoms with van der Waals surface area (Å²) in [6.45, 7) is 13.2. The van der Waals surface area contributed by atoms with Crippen LogP contribution in [0.3, 0.4) is 0 Å². The summed E-state index contributed by atoms with van der Waals surface area (Å²) in [5.41, 5.74) is -0.724. The molecule has 2 aromatic carbocycles. The number of piperazine rings is 1. The van der Waals surface area contributed by atoms with Gasteiger partial charge in [-0.25, -0.2) is 13.6 Å². The van der Waals surface area contributed by atoms with Gasteiger partial charge in [-0.1, -0.05) is 58.4 Å². The third-order valence-electron chi connectivity index (χ3n) is 9.21. The quantitative estimate of drug-likeness (QED) is 0.244. The third kappa shape index (κ3) is 8.55. The maximum absolute atomic E-state index is 14.2. The van der Waals surface area contributed by atoms with Gasteiger partial charge in [-0.2, -0.15) is 13.2 Å². The molecule has 1 aliphatic heterocycles. The standard InChI is InChI=1S/C35H48F5N3O2/c1-9-15-33(6,16-14-23(2)3)31(44)42-17-18-43(30(22-42)29-13-11-10-12-24(29)4)32(45)41(8)25(5)26-19-27(34(7,36)37)21-28(20-26)35(38,39)40/h10-13,19-21,23,25,30H,9,14-18,22H2,1-8H3. The normalized spacial score (nSPS) is 18.1. The number of halogens is 5. The number of alkyl halides is 5. The zero-order valence-corrected chi connectivity index (χ0v) is 27.8. The molecule has 3 amide bonds. The molecule has 1 fully saturated rings. The Kier molecular flexibility index (Phi) is 11.4. The highest BCUT2D eigenvalue weighted by Crippen LogP contribution is 2.39. The topological polar surface area (TPSA) is 43.9 Å². The summed E-state index contributed by atoms with van der Waals surface area (Å²) in [5, 5.41) is 0. The molecule has 5 nitrogen and oxygen atoms in total. The summed E-state index contributed by atoms with van der Waals surface area (Å²) in [6, 6.07) is 8.03. The van der Waals surface area contributed by atoms with Crippen molar-refractivity contribution >= 4 is 11.9 Å². The number of benzene rings is 2. The molecule has 45 heavy (non-hydrogen) atoms. The second-order valence-electron chi connectivity index (χ2n) is 13.4. The first-order valence-corrected chi connectivity index (χ1v) is 15.8. The van der Waals surface area contributed by atoms with Crippen LogP contribution in [-0.4, -0.2) is 53.3 Å². The Morgan fingerprint density at radius 1 is 0.956 bits per heavy atom. The van der Waals surface area contributed by atoms with E-state index in [-0.39, 0.29) is 24.6 Å². The number of urea groups is 1. The van der Waals surface area contributed by atoms with Crippen molar-refractivity contribution in [2.24, 2.45) is 11.3 Å². The first kappa shape index (κ1) is 36.3. The Bertz CT molecular complexity index is 1310. The van der Waals surface area contributed by atoms with Crippen molar-refractivity contribution in [2.75, 3.05) is 26.7 Å². The molecule has 3 rings (SSSR count). The number of nitrogens with zero attached hydrogens (tertiary/aromatic N) is 3. The van der Waals surface area contributed by atoms with Crippen LogP contribution in [0, 0.1) is 18.3 Å². The van der Waals surface area contributed by atoms with Gasteiger partial charge in [0.15, 0.2) is 0 Å². The van der Waals surface area contributed by atoms with Gasteiger partial charge in [0.2, 0.25) is 5.91 Å². The van der Waals surface area contributed by atoms with Gasteiger partial charge in [0.05, 0.1) is 17.6 Å². The van der Waals surface area contributed by atoms with Crippen molar-refractivity contribution in [1.29, 1.82) is 0 Å². The maximum atomic E-state index is 14.2. The number of hydrogen-bond acceptors (Lipinski definition) is 2. The van der Waals surface area contributed by atoms with Crippen LogP contribution in [0.5, 0.6) is 0 Å². The SMILES string of the molecule is CCCC(C)(CCC(C)C)C(=O)N1CCN(C(=O)N(C)C(C)c2cc(C(C)(F)F)cc(C(F)(F)F)c2)C(c2ccccc2C)C1. The van der Waals surface area contributed by atoms with Crippen LogP contribution in [0.15, 0.2) is 42.5 Å². The van der Waals surface area contributed by atoms with Gasteiger partial charge in [0, 0.05) is 44.6 Å². The molecule has 0 bridgehead atoms. The molecule has 0 aliphatic carbocycles. The second kappa shape index (κ2) is 14.1. The fourth-order valence-electron chi connectivity index (χ4n) is 6.20. The summed E-state index contributed by atoms with van der Waals surface area (Å²) in [7, 11) is 1.47. The van der Waals surface area contributed by atoms with Gasteiger partial charge in [0.1, 0.15) is 0 Å². The number of amides is 3. The van der Waals surface area contributed by atoms with Crippen LogP contribution < -0.4 is 0 Å². The van der Waals surface area contributed by atoms with Gasteiger partial charge >= 0.3 is 12.2 Å². The van der Waals surface area contributed by atoms with Crippen LogP contribution in [-0.2, 0) is 16.9 Å². The highest BCUT2D eigenvalue weighted by atomic mass is 19.4. The molecule has 0 spiro atoms. The zero-order valence-electron chi connectivity index (χ0n) is 27.8. The second-order valence-corrected chi connectivity index (χ2v) is 13.4. The molecule has 1 heterocycles. The average Bonchev–Trinajstić information content (AvgIpc) is 2.97. The fraction of sp³-hybridized carbons (Fsp3) is 0.600. The van der Waals surface area contributed by atoms with Gasteiger partial charge < -0.3 is 14.7 Å². The molecule has 3 atom stereocenters. The maximum Gasteiger partial charge on any atom is 0.416 e. The summed E-state index contributed by atoms with van der Waals surface area (Å²) >= 11 is 0. The molecular weight excluding hydrogens is 589 g/mol. The van der Waals surface area contributed by atoms with Crippen LogP contribution in [0.25, 0.3) is 0 Å². The highest BCUT2D eigenvalue weighted by Gasteiger charge is 2.42.